The summed E-state index contributed by atoms with van der Waals surface area (Å²) in [5.41, 5.74) is -2.95. The second-order valence-electron chi connectivity index (χ2n) is 5.42. The van der Waals surface area contributed by atoms with Crippen LogP contribution in [0.5, 0.6) is 0 Å². The highest BCUT2D eigenvalue weighted by Crippen LogP contribution is 2.28. The smallest absolute Gasteiger partial charge is 0.390 e. The van der Waals surface area contributed by atoms with Crippen LogP contribution in [-0.4, -0.2) is 52.2 Å². The number of hydrogen-bond donors (Lipinski definition) is 3. The fraction of sp³-hybridized carbons (Fsp3) is 0.500. The monoisotopic (exact) mass is 379 g/mol. The molecule has 0 aromatic carbocycles. The van der Waals surface area contributed by atoms with E-state index in [1.165, 1.54) is 11.4 Å². The highest BCUT2D eigenvalue weighted by Gasteiger charge is 2.40. The topological polar surface area (TPSA) is 123 Å². The van der Waals surface area contributed by atoms with E-state index in [2.05, 4.69) is 6.58 Å². The van der Waals surface area contributed by atoms with Crippen molar-refractivity contribution in [2.75, 3.05) is 18.5 Å². The largest absolute Gasteiger partial charge is 0.471 e. The molecule has 3 N–H and O–H groups in total. The van der Waals surface area contributed by atoms with Crippen molar-refractivity contribution in [2.24, 2.45) is 0 Å². The zero-order valence-electron chi connectivity index (χ0n) is 13.3. The number of carbonyl (C=O) groups excluding carboxylic acids is 1. The minimum Gasteiger partial charge on any atom is -0.390 e. The lowest BCUT2D eigenvalue weighted by Crippen LogP contribution is -2.37. The highest BCUT2D eigenvalue weighted by atomic mass is 19.4. The van der Waals surface area contributed by atoms with Crippen molar-refractivity contribution in [3.8, 4) is 0 Å². The quantitative estimate of drug-likeness (QED) is 0.468. The summed E-state index contributed by atoms with van der Waals surface area (Å²) in [5.74, 6) is -2.36. The number of nitrogens with one attached hydrogen (secondary N) is 2. The summed E-state index contributed by atoms with van der Waals surface area (Å²) in [6.07, 6.45) is -5.91. The van der Waals surface area contributed by atoms with Gasteiger partial charge in [-0.2, -0.15) is 13.2 Å². The van der Waals surface area contributed by atoms with Crippen LogP contribution in [0.15, 0.2) is 28.4 Å². The molecule has 0 radical (unpaired) electrons. The Morgan fingerprint density at radius 3 is 2.85 bits per heavy atom. The fourth-order valence-electron chi connectivity index (χ4n) is 2.28. The van der Waals surface area contributed by atoms with Crippen LogP contribution in [0.4, 0.5) is 18.9 Å². The van der Waals surface area contributed by atoms with Crippen LogP contribution in [0.25, 0.3) is 0 Å². The summed E-state index contributed by atoms with van der Waals surface area (Å²) in [4.78, 5) is 36.3. The first-order valence-electron chi connectivity index (χ1n) is 7.39. The van der Waals surface area contributed by atoms with Gasteiger partial charge >= 0.3 is 17.8 Å². The van der Waals surface area contributed by atoms with Crippen molar-refractivity contribution < 1.29 is 32.5 Å². The summed E-state index contributed by atoms with van der Waals surface area (Å²) in [7, 11) is 0. The van der Waals surface area contributed by atoms with Crippen molar-refractivity contribution in [1.82, 2.24) is 9.55 Å². The Labute approximate surface area is 144 Å². The first-order valence-corrected chi connectivity index (χ1v) is 7.39. The number of amides is 1. The van der Waals surface area contributed by atoms with Gasteiger partial charge in [0.1, 0.15) is 18.0 Å². The van der Waals surface area contributed by atoms with Crippen molar-refractivity contribution in [3.05, 3.63) is 39.7 Å². The maximum absolute atomic E-state index is 12.3. The summed E-state index contributed by atoms with van der Waals surface area (Å²) in [5, 5.41) is 11.3. The third-order valence-electron chi connectivity index (χ3n) is 3.51. The van der Waals surface area contributed by atoms with E-state index in [0.717, 1.165) is 10.8 Å². The van der Waals surface area contributed by atoms with E-state index in [-0.39, 0.29) is 19.6 Å². The summed E-state index contributed by atoms with van der Waals surface area (Å²) in [6.45, 7) is 3.67. The normalized spacial score (nSPS) is 23.0. The van der Waals surface area contributed by atoms with E-state index in [4.69, 9.17) is 9.47 Å². The molecule has 1 fully saturated rings. The van der Waals surface area contributed by atoms with E-state index in [1.807, 2.05) is 0 Å². The second-order valence-corrected chi connectivity index (χ2v) is 5.42. The minimum absolute atomic E-state index is 0.000538. The number of anilines is 1. The predicted molar refractivity (Wildman–Crippen MR) is 81.6 cm³/mol. The summed E-state index contributed by atoms with van der Waals surface area (Å²) >= 11 is 0. The van der Waals surface area contributed by atoms with Crippen molar-refractivity contribution >= 4 is 11.6 Å². The third kappa shape index (κ3) is 4.59. The van der Waals surface area contributed by atoms with Gasteiger partial charge in [-0.05, 0) is 0 Å². The lowest BCUT2D eigenvalue weighted by Gasteiger charge is -2.16. The lowest BCUT2D eigenvalue weighted by molar-refractivity contribution is -0.167. The number of aliphatic hydroxyl groups excluding tert-OH is 1. The summed E-state index contributed by atoms with van der Waals surface area (Å²) in [6, 6.07) is 0. The molecule has 0 bridgehead atoms. The van der Waals surface area contributed by atoms with Crippen LogP contribution >= 0.6 is 0 Å². The maximum atomic E-state index is 12.3. The van der Waals surface area contributed by atoms with Gasteiger partial charge < -0.3 is 19.9 Å². The number of alkyl halides is 3. The van der Waals surface area contributed by atoms with Gasteiger partial charge in [-0.15, -0.1) is 6.58 Å². The maximum Gasteiger partial charge on any atom is 0.471 e. The number of aliphatic hydroxyl groups is 1. The van der Waals surface area contributed by atoms with Crippen LogP contribution in [-0.2, 0) is 14.3 Å². The van der Waals surface area contributed by atoms with Crippen molar-refractivity contribution in [1.29, 1.82) is 0 Å². The molecule has 2 heterocycles. The SMILES string of the molecule is C=CCOC[C@H]1O[C@@H](n2cc(NC(=O)C(F)(F)F)c(=O)[nH]c2=O)C[C@@H]1O. The molecule has 1 aliphatic rings. The molecule has 1 amide bonds. The molecule has 3 atom stereocenters. The number of rotatable bonds is 6. The molecule has 0 aliphatic carbocycles. The van der Waals surface area contributed by atoms with Gasteiger partial charge in [0, 0.05) is 12.6 Å². The molecule has 12 heteroatoms. The Kier molecular flexibility index (Phi) is 6.00. The van der Waals surface area contributed by atoms with Crippen LogP contribution in [0, 0.1) is 0 Å². The molecule has 0 saturated carbocycles. The van der Waals surface area contributed by atoms with E-state index < -0.39 is 47.5 Å². The molecule has 2 rings (SSSR count). The first kappa shape index (κ1) is 19.9. The Morgan fingerprint density at radius 2 is 2.23 bits per heavy atom. The Bertz CT molecular complexity index is 787. The standard InChI is InChI=1S/C14H16F3N3O6/c1-2-3-25-6-9-8(21)4-10(26-9)20-5-7(11(22)19-13(20)24)18-12(23)14(15,16)17/h2,5,8-10,21H,1,3-4,6H2,(H,18,23)(H,19,22,24)/t8-,9+,10+/m0/s1. The van der Waals surface area contributed by atoms with Crippen LogP contribution in [0.1, 0.15) is 12.6 Å². The third-order valence-corrected chi connectivity index (χ3v) is 3.51. The number of H-pyrrole nitrogens is 1. The van der Waals surface area contributed by atoms with Gasteiger partial charge in [-0.25, -0.2) is 4.79 Å². The molecule has 144 valence electrons. The number of ether oxygens (including phenoxy) is 2. The van der Waals surface area contributed by atoms with Crippen LogP contribution < -0.4 is 16.6 Å². The second kappa shape index (κ2) is 7.85. The van der Waals surface area contributed by atoms with Gasteiger partial charge in [0.05, 0.1) is 19.3 Å². The Morgan fingerprint density at radius 1 is 1.54 bits per heavy atom. The molecule has 0 spiro atoms. The van der Waals surface area contributed by atoms with Gasteiger partial charge in [0.15, 0.2) is 0 Å². The fourth-order valence-corrected chi connectivity index (χ4v) is 2.28. The van der Waals surface area contributed by atoms with Gasteiger partial charge in [-0.1, -0.05) is 6.08 Å². The van der Waals surface area contributed by atoms with E-state index >= 15 is 0 Å². The number of halogens is 3. The first-order chi connectivity index (χ1) is 12.1. The molecule has 1 saturated heterocycles. The van der Waals surface area contributed by atoms with Gasteiger partial charge in [0.25, 0.3) is 5.56 Å². The zero-order chi connectivity index (χ0) is 19.5. The van der Waals surface area contributed by atoms with Gasteiger partial charge in [0.2, 0.25) is 0 Å². The predicted octanol–water partition coefficient (Wildman–Crippen LogP) is -0.112. The minimum atomic E-state index is -5.21. The van der Waals surface area contributed by atoms with Crippen molar-refractivity contribution in [3.63, 3.8) is 0 Å². The van der Waals surface area contributed by atoms with E-state index in [9.17, 15) is 32.7 Å². The Hall–Kier alpha value is -2.44. The van der Waals surface area contributed by atoms with Crippen LogP contribution in [0.2, 0.25) is 0 Å². The highest BCUT2D eigenvalue weighted by molar-refractivity contribution is 5.94. The molecule has 0 unspecified atom stereocenters. The summed E-state index contributed by atoms with van der Waals surface area (Å²) < 4.78 is 48.4. The average Bonchev–Trinajstić information content (AvgIpc) is 2.90. The van der Waals surface area contributed by atoms with E-state index in [0.29, 0.717) is 0 Å². The van der Waals surface area contributed by atoms with E-state index in [1.54, 1.807) is 4.98 Å². The zero-order valence-corrected chi connectivity index (χ0v) is 13.3. The molecular weight excluding hydrogens is 363 g/mol. The number of hydrogen-bond acceptors (Lipinski definition) is 6. The number of aromatic amines is 1. The molecule has 1 aliphatic heterocycles. The number of aromatic nitrogens is 2. The molecule has 26 heavy (non-hydrogen) atoms. The number of nitrogens with zero attached hydrogens (tertiary/aromatic N) is 1. The molecule has 1 aromatic rings. The van der Waals surface area contributed by atoms with Crippen molar-refractivity contribution in [2.45, 2.75) is 31.0 Å². The average molecular weight is 379 g/mol. The number of carbonyl (C=O) groups is 1. The molecule has 9 nitrogen and oxygen atoms in total. The van der Waals surface area contributed by atoms with Crippen LogP contribution in [0.3, 0.4) is 0 Å². The lowest BCUT2D eigenvalue weighted by atomic mass is 10.2. The van der Waals surface area contributed by atoms with Gasteiger partial charge in [-0.3, -0.25) is 19.1 Å². The molecular formula is C14H16F3N3O6. The molecule has 1 aromatic heterocycles. The Balaban J connectivity index is 2.21.